The highest BCUT2D eigenvalue weighted by Gasteiger charge is 2.48. The van der Waals surface area contributed by atoms with Crippen molar-refractivity contribution in [1.29, 1.82) is 0 Å². The monoisotopic (exact) mass is 485 g/mol. The van der Waals surface area contributed by atoms with E-state index in [0.717, 1.165) is 38.8 Å². The quantitative estimate of drug-likeness (QED) is 0.689. The molecule has 182 valence electrons. The van der Waals surface area contributed by atoms with Gasteiger partial charge in [-0.05, 0) is 82.8 Å². The van der Waals surface area contributed by atoms with Crippen molar-refractivity contribution in [3.8, 4) is 11.5 Å². The maximum atomic E-state index is 13.2. The van der Waals surface area contributed by atoms with Gasteiger partial charge in [-0.15, -0.1) is 8.78 Å². The minimum Gasteiger partial charge on any atom is -0.395 e. The van der Waals surface area contributed by atoms with Crippen molar-refractivity contribution in [3.05, 3.63) is 23.8 Å². The van der Waals surface area contributed by atoms with Gasteiger partial charge in [0.1, 0.15) is 0 Å². The summed E-state index contributed by atoms with van der Waals surface area (Å²) >= 11 is 0. The Morgan fingerprint density at radius 1 is 1.09 bits per heavy atom. The van der Waals surface area contributed by atoms with E-state index >= 15 is 0 Å². The number of fused-ring (bicyclic) bond motifs is 3. The number of halogens is 2. The second-order valence-electron chi connectivity index (χ2n) is 9.71. The van der Waals surface area contributed by atoms with Crippen molar-refractivity contribution in [2.24, 2.45) is 5.92 Å². The molecule has 1 amide bonds. The van der Waals surface area contributed by atoms with Crippen LogP contribution in [-0.4, -0.2) is 73.8 Å². The molecule has 0 aliphatic carbocycles. The van der Waals surface area contributed by atoms with Crippen LogP contribution in [0.15, 0.2) is 18.2 Å². The highest BCUT2D eigenvalue weighted by atomic mass is 32.2. The summed E-state index contributed by atoms with van der Waals surface area (Å²) in [5.41, 5.74) is 0.194. The average Bonchev–Trinajstić information content (AvgIpc) is 3.21. The molecule has 8 nitrogen and oxygen atoms in total. The predicted molar refractivity (Wildman–Crippen MR) is 116 cm³/mol. The molecule has 3 fully saturated rings. The molecule has 0 spiro atoms. The summed E-state index contributed by atoms with van der Waals surface area (Å²) in [4.78, 5) is 15.0. The molecule has 1 aromatic carbocycles. The number of piperidine rings is 2. The molecule has 3 saturated heterocycles. The molecular formula is C22H29F2N3O5S. The van der Waals surface area contributed by atoms with E-state index in [9.17, 15) is 22.0 Å². The van der Waals surface area contributed by atoms with Gasteiger partial charge in [0.25, 0.3) is 5.91 Å². The predicted octanol–water partition coefficient (Wildman–Crippen LogP) is 2.40. The number of ether oxygens (including phenoxy) is 2. The van der Waals surface area contributed by atoms with Crippen molar-refractivity contribution in [2.75, 3.05) is 25.9 Å². The van der Waals surface area contributed by atoms with Crippen molar-refractivity contribution in [2.45, 2.75) is 62.9 Å². The van der Waals surface area contributed by atoms with E-state index in [-0.39, 0.29) is 46.9 Å². The number of likely N-dealkylation sites (tertiary alicyclic amines) is 1. The van der Waals surface area contributed by atoms with Gasteiger partial charge in [0.05, 0.1) is 5.75 Å². The van der Waals surface area contributed by atoms with Crippen molar-refractivity contribution >= 4 is 15.9 Å². The molecule has 4 aliphatic heterocycles. The summed E-state index contributed by atoms with van der Waals surface area (Å²) in [7, 11) is -1.30. The minimum atomic E-state index is -3.73. The first-order valence-electron chi connectivity index (χ1n) is 11.5. The first kappa shape index (κ1) is 22.8. The second kappa shape index (κ2) is 8.35. The zero-order valence-corrected chi connectivity index (χ0v) is 19.3. The lowest BCUT2D eigenvalue weighted by molar-refractivity contribution is -0.286. The Hall–Kier alpha value is -1.98. The molecule has 5 rings (SSSR count). The van der Waals surface area contributed by atoms with Gasteiger partial charge in [0.15, 0.2) is 11.5 Å². The van der Waals surface area contributed by atoms with Crippen LogP contribution in [0.5, 0.6) is 11.5 Å². The van der Waals surface area contributed by atoms with Gasteiger partial charge in [-0.1, -0.05) is 0 Å². The highest BCUT2D eigenvalue weighted by molar-refractivity contribution is 7.89. The summed E-state index contributed by atoms with van der Waals surface area (Å²) in [6.07, 6.45) is 0.765. The van der Waals surface area contributed by atoms with Gasteiger partial charge in [0.2, 0.25) is 10.0 Å². The normalized spacial score (nSPS) is 29.8. The lowest BCUT2D eigenvalue weighted by Gasteiger charge is -2.39. The average molecular weight is 486 g/mol. The Labute approximate surface area is 192 Å². The van der Waals surface area contributed by atoms with Crippen LogP contribution in [0.25, 0.3) is 0 Å². The third-order valence-corrected chi connectivity index (χ3v) is 9.40. The fraction of sp³-hybridized carbons (Fsp3) is 0.682. The topological polar surface area (TPSA) is 88.2 Å². The lowest BCUT2D eigenvalue weighted by Crippen LogP contribution is -2.53. The number of nitrogens with one attached hydrogen (secondary N) is 1. The Bertz CT molecular complexity index is 1010. The molecule has 2 bridgehead atoms. The number of benzene rings is 1. The van der Waals surface area contributed by atoms with E-state index in [4.69, 9.17) is 0 Å². The van der Waals surface area contributed by atoms with E-state index < -0.39 is 22.2 Å². The van der Waals surface area contributed by atoms with Crippen LogP contribution in [0, 0.1) is 5.92 Å². The number of hydrogen-bond acceptors (Lipinski definition) is 6. The fourth-order valence-corrected chi connectivity index (χ4v) is 8.07. The number of carbonyl (C=O) groups excluding carboxylic acids is 1. The summed E-state index contributed by atoms with van der Waals surface area (Å²) in [5, 5.41) is 2.96. The summed E-state index contributed by atoms with van der Waals surface area (Å²) < 4.78 is 63.5. The zero-order valence-electron chi connectivity index (χ0n) is 18.5. The van der Waals surface area contributed by atoms with Crippen molar-refractivity contribution < 1.29 is 31.5 Å². The number of hydrogen-bond donors (Lipinski definition) is 1. The van der Waals surface area contributed by atoms with Crippen LogP contribution >= 0.6 is 0 Å². The lowest BCUT2D eigenvalue weighted by atomic mass is 9.99. The largest absolute Gasteiger partial charge is 0.586 e. The van der Waals surface area contributed by atoms with Crippen molar-refractivity contribution in [1.82, 2.24) is 14.5 Å². The van der Waals surface area contributed by atoms with E-state index in [1.54, 1.807) is 4.31 Å². The summed E-state index contributed by atoms with van der Waals surface area (Å²) in [6.45, 7) is 1.86. The zero-order chi connectivity index (χ0) is 23.4. The van der Waals surface area contributed by atoms with E-state index in [1.807, 2.05) is 0 Å². The smallest absolute Gasteiger partial charge is 0.395 e. The molecular weight excluding hydrogens is 456 g/mol. The molecule has 0 radical (unpaired) electrons. The maximum absolute atomic E-state index is 13.2. The highest BCUT2D eigenvalue weighted by Crippen LogP contribution is 2.42. The molecule has 4 aliphatic rings. The van der Waals surface area contributed by atoms with Gasteiger partial charge in [-0.3, -0.25) is 4.79 Å². The Balaban J connectivity index is 1.21. The third-order valence-electron chi connectivity index (χ3n) is 7.27. The van der Waals surface area contributed by atoms with Gasteiger partial charge >= 0.3 is 6.29 Å². The third kappa shape index (κ3) is 4.67. The number of sulfonamides is 1. The van der Waals surface area contributed by atoms with Gasteiger partial charge in [0, 0.05) is 23.7 Å². The molecule has 1 aromatic rings. The maximum Gasteiger partial charge on any atom is 0.586 e. The minimum absolute atomic E-state index is 0.110. The van der Waals surface area contributed by atoms with Gasteiger partial charge in [-0.25, -0.2) is 8.42 Å². The number of amides is 1. The van der Waals surface area contributed by atoms with Crippen LogP contribution in [0.2, 0.25) is 0 Å². The molecule has 33 heavy (non-hydrogen) atoms. The van der Waals surface area contributed by atoms with Gasteiger partial charge in [-0.2, -0.15) is 4.31 Å². The van der Waals surface area contributed by atoms with Crippen LogP contribution in [-0.2, 0) is 10.0 Å². The first-order chi connectivity index (χ1) is 15.6. The molecule has 0 unspecified atom stereocenters. The van der Waals surface area contributed by atoms with Crippen LogP contribution in [0.3, 0.4) is 0 Å². The fourth-order valence-electron chi connectivity index (χ4n) is 5.68. The molecule has 0 saturated carbocycles. The second-order valence-corrected chi connectivity index (χ2v) is 11.6. The van der Waals surface area contributed by atoms with Crippen LogP contribution in [0.4, 0.5) is 8.78 Å². The Morgan fingerprint density at radius 3 is 2.39 bits per heavy atom. The van der Waals surface area contributed by atoms with Crippen molar-refractivity contribution in [3.63, 3.8) is 0 Å². The van der Waals surface area contributed by atoms with Crippen LogP contribution in [0.1, 0.15) is 48.9 Å². The van der Waals surface area contributed by atoms with Gasteiger partial charge < -0.3 is 19.7 Å². The SMILES string of the molecule is CN1CCC(CS(=O)(=O)N2[C@@H]3CC[C@H]2C[C@@H](NC(=O)c2ccc4c(c2)OC(F)(F)O4)C3)CC1. The van der Waals surface area contributed by atoms with E-state index in [2.05, 4.69) is 26.7 Å². The van der Waals surface area contributed by atoms with Crippen LogP contribution < -0.4 is 14.8 Å². The Kier molecular flexibility index (Phi) is 5.77. The Morgan fingerprint density at radius 2 is 1.73 bits per heavy atom. The molecule has 1 N–H and O–H groups in total. The summed E-state index contributed by atoms with van der Waals surface area (Å²) in [5.74, 6) is -0.294. The molecule has 3 atom stereocenters. The van der Waals surface area contributed by atoms with E-state index in [0.29, 0.717) is 12.8 Å². The van der Waals surface area contributed by atoms with E-state index in [1.165, 1.54) is 18.2 Å². The summed E-state index contributed by atoms with van der Waals surface area (Å²) in [6, 6.07) is 3.54. The number of rotatable bonds is 5. The number of nitrogens with zero attached hydrogens (tertiary/aromatic N) is 2. The number of carbonyl (C=O) groups is 1. The first-order valence-corrected chi connectivity index (χ1v) is 13.1. The number of alkyl halides is 2. The molecule has 4 heterocycles. The molecule has 11 heteroatoms. The standard InChI is InChI=1S/C22H29F2N3O5S/c1-26-8-6-14(7-9-26)13-33(29,30)27-17-3-4-18(27)12-16(11-17)25-21(28)15-2-5-19-20(10-15)32-22(23,24)31-19/h2,5,10,14,16-18H,3-4,6-9,11-13H2,1H3,(H,25,28)/t16-,17+,18-. The molecule has 0 aromatic heterocycles.